The molecular formula is C13H12BrNO. The summed E-state index contributed by atoms with van der Waals surface area (Å²) in [5, 5.41) is 0. The van der Waals surface area contributed by atoms with Gasteiger partial charge in [-0.3, -0.25) is 0 Å². The first kappa shape index (κ1) is 11.0. The van der Waals surface area contributed by atoms with Crippen LogP contribution in [-0.4, -0.2) is 0 Å². The van der Waals surface area contributed by atoms with Gasteiger partial charge in [0.1, 0.15) is 12.4 Å². The Bertz CT molecular complexity index is 468. The van der Waals surface area contributed by atoms with Gasteiger partial charge in [-0.1, -0.05) is 34.1 Å². The average Bonchev–Trinajstić information content (AvgIpc) is 2.30. The van der Waals surface area contributed by atoms with E-state index < -0.39 is 0 Å². The molecule has 0 fully saturated rings. The van der Waals surface area contributed by atoms with E-state index in [1.165, 1.54) is 0 Å². The lowest BCUT2D eigenvalue weighted by atomic mass is 10.2. The predicted octanol–water partition coefficient (Wildman–Crippen LogP) is 3.61. The second kappa shape index (κ2) is 5.03. The molecule has 0 radical (unpaired) electrons. The Kier molecular flexibility index (Phi) is 3.47. The van der Waals surface area contributed by atoms with Gasteiger partial charge in [0.2, 0.25) is 0 Å². The highest BCUT2D eigenvalue weighted by molar-refractivity contribution is 9.10. The molecule has 0 spiro atoms. The predicted molar refractivity (Wildman–Crippen MR) is 69.3 cm³/mol. The lowest BCUT2D eigenvalue weighted by Crippen LogP contribution is -1.99. The van der Waals surface area contributed by atoms with E-state index in [0.717, 1.165) is 21.5 Å². The molecule has 0 aromatic heterocycles. The SMILES string of the molecule is Nc1ccccc1COc1ccc(Br)cc1. The van der Waals surface area contributed by atoms with Crippen molar-refractivity contribution in [3.05, 3.63) is 58.6 Å². The molecular weight excluding hydrogens is 266 g/mol. The van der Waals surface area contributed by atoms with Gasteiger partial charge in [0.05, 0.1) is 0 Å². The van der Waals surface area contributed by atoms with Crippen LogP contribution in [0.2, 0.25) is 0 Å². The molecule has 2 N–H and O–H groups in total. The molecule has 0 bridgehead atoms. The maximum absolute atomic E-state index is 5.82. The van der Waals surface area contributed by atoms with Crippen molar-refractivity contribution in [2.45, 2.75) is 6.61 Å². The Morgan fingerprint density at radius 3 is 2.38 bits per heavy atom. The summed E-state index contributed by atoms with van der Waals surface area (Å²) in [5.74, 6) is 0.839. The van der Waals surface area contributed by atoms with Gasteiger partial charge in [0.15, 0.2) is 0 Å². The molecule has 16 heavy (non-hydrogen) atoms. The van der Waals surface area contributed by atoms with E-state index in [1.54, 1.807) is 0 Å². The molecule has 0 saturated carbocycles. The molecule has 0 aliphatic rings. The smallest absolute Gasteiger partial charge is 0.119 e. The van der Waals surface area contributed by atoms with Crippen LogP contribution < -0.4 is 10.5 Å². The highest BCUT2D eigenvalue weighted by Crippen LogP contribution is 2.18. The summed E-state index contributed by atoms with van der Waals surface area (Å²) in [7, 11) is 0. The monoisotopic (exact) mass is 277 g/mol. The maximum atomic E-state index is 5.82. The number of hydrogen-bond acceptors (Lipinski definition) is 2. The van der Waals surface area contributed by atoms with Crippen molar-refractivity contribution >= 4 is 21.6 Å². The molecule has 3 heteroatoms. The van der Waals surface area contributed by atoms with Crippen LogP contribution in [0, 0.1) is 0 Å². The van der Waals surface area contributed by atoms with Crippen molar-refractivity contribution in [2.75, 3.05) is 5.73 Å². The highest BCUT2D eigenvalue weighted by Gasteiger charge is 1.99. The normalized spacial score (nSPS) is 10.1. The summed E-state index contributed by atoms with van der Waals surface area (Å²) < 4.78 is 6.67. The minimum absolute atomic E-state index is 0.494. The number of halogens is 1. The topological polar surface area (TPSA) is 35.2 Å². The fraction of sp³-hybridized carbons (Fsp3) is 0.0769. The Hall–Kier alpha value is -1.48. The number of nitrogen functional groups attached to an aromatic ring is 1. The summed E-state index contributed by atoms with van der Waals surface area (Å²) in [6.07, 6.45) is 0. The van der Waals surface area contributed by atoms with Gasteiger partial charge >= 0.3 is 0 Å². The standard InChI is InChI=1S/C13H12BrNO/c14-11-5-7-12(8-6-11)16-9-10-3-1-2-4-13(10)15/h1-8H,9,15H2. The lowest BCUT2D eigenvalue weighted by molar-refractivity contribution is 0.307. The molecule has 2 nitrogen and oxygen atoms in total. The molecule has 82 valence electrons. The van der Waals surface area contributed by atoms with Crippen molar-refractivity contribution in [3.8, 4) is 5.75 Å². The Labute approximate surface area is 103 Å². The number of ether oxygens (including phenoxy) is 1. The fourth-order valence-corrected chi connectivity index (χ4v) is 1.62. The van der Waals surface area contributed by atoms with Crippen LogP contribution in [0.25, 0.3) is 0 Å². The number of benzene rings is 2. The van der Waals surface area contributed by atoms with E-state index in [9.17, 15) is 0 Å². The summed E-state index contributed by atoms with van der Waals surface area (Å²) in [6.45, 7) is 0.494. The first-order valence-electron chi connectivity index (χ1n) is 4.97. The van der Waals surface area contributed by atoms with Gasteiger partial charge in [0.25, 0.3) is 0 Å². The van der Waals surface area contributed by atoms with Crippen LogP contribution in [0.1, 0.15) is 5.56 Å². The van der Waals surface area contributed by atoms with E-state index in [4.69, 9.17) is 10.5 Å². The third-order valence-electron chi connectivity index (χ3n) is 2.26. The van der Waals surface area contributed by atoms with Crippen LogP contribution in [0.4, 0.5) is 5.69 Å². The van der Waals surface area contributed by atoms with Crippen LogP contribution >= 0.6 is 15.9 Å². The van der Waals surface area contributed by atoms with Gasteiger partial charge < -0.3 is 10.5 Å². The summed E-state index contributed by atoms with van der Waals surface area (Å²) in [6, 6.07) is 15.4. The molecule has 0 unspecified atom stereocenters. The molecule has 0 heterocycles. The summed E-state index contributed by atoms with van der Waals surface area (Å²) in [4.78, 5) is 0. The van der Waals surface area contributed by atoms with E-state index in [0.29, 0.717) is 6.61 Å². The zero-order valence-electron chi connectivity index (χ0n) is 8.69. The van der Waals surface area contributed by atoms with E-state index in [-0.39, 0.29) is 0 Å². The third-order valence-corrected chi connectivity index (χ3v) is 2.79. The fourth-order valence-electron chi connectivity index (χ4n) is 1.36. The number of hydrogen-bond donors (Lipinski definition) is 1. The zero-order chi connectivity index (χ0) is 11.4. The minimum atomic E-state index is 0.494. The Morgan fingerprint density at radius 1 is 1.00 bits per heavy atom. The van der Waals surface area contributed by atoms with E-state index >= 15 is 0 Å². The maximum Gasteiger partial charge on any atom is 0.119 e. The van der Waals surface area contributed by atoms with Crippen LogP contribution in [0.5, 0.6) is 5.75 Å². The van der Waals surface area contributed by atoms with Gasteiger partial charge in [0, 0.05) is 15.7 Å². The van der Waals surface area contributed by atoms with Crippen molar-refractivity contribution in [3.63, 3.8) is 0 Å². The van der Waals surface area contributed by atoms with Crippen molar-refractivity contribution in [2.24, 2.45) is 0 Å². The largest absolute Gasteiger partial charge is 0.489 e. The zero-order valence-corrected chi connectivity index (χ0v) is 10.3. The highest BCUT2D eigenvalue weighted by atomic mass is 79.9. The first-order chi connectivity index (χ1) is 7.75. The molecule has 2 rings (SSSR count). The van der Waals surface area contributed by atoms with Gasteiger partial charge in [-0.15, -0.1) is 0 Å². The van der Waals surface area contributed by atoms with Crippen molar-refractivity contribution in [1.29, 1.82) is 0 Å². The van der Waals surface area contributed by atoms with Crippen LogP contribution in [0.15, 0.2) is 53.0 Å². The van der Waals surface area contributed by atoms with Crippen LogP contribution in [0.3, 0.4) is 0 Å². The van der Waals surface area contributed by atoms with Gasteiger partial charge in [-0.25, -0.2) is 0 Å². The first-order valence-corrected chi connectivity index (χ1v) is 5.77. The van der Waals surface area contributed by atoms with Crippen molar-refractivity contribution < 1.29 is 4.74 Å². The lowest BCUT2D eigenvalue weighted by Gasteiger charge is -2.08. The number of nitrogens with two attached hydrogens (primary N) is 1. The molecule has 0 amide bonds. The quantitative estimate of drug-likeness (QED) is 0.870. The van der Waals surface area contributed by atoms with Gasteiger partial charge in [-0.05, 0) is 30.3 Å². The Morgan fingerprint density at radius 2 is 1.69 bits per heavy atom. The third kappa shape index (κ3) is 2.76. The average molecular weight is 278 g/mol. The number of rotatable bonds is 3. The van der Waals surface area contributed by atoms with E-state index in [1.807, 2.05) is 48.5 Å². The number of para-hydroxylation sites is 1. The molecule has 0 aliphatic heterocycles. The number of anilines is 1. The molecule has 0 atom stereocenters. The summed E-state index contributed by atoms with van der Waals surface area (Å²) >= 11 is 3.38. The molecule has 0 saturated heterocycles. The molecule has 2 aromatic carbocycles. The second-order valence-electron chi connectivity index (χ2n) is 3.44. The second-order valence-corrected chi connectivity index (χ2v) is 4.36. The molecule has 2 aromatic rings. The summed E-state index contributed by atoms with van der Waals surface area (Å²) in [5.41, 5.74) is 7.59. The molecule has 0 aliphatic carbocycles. The minimum Gasteiger partial charge on any atom is -0.489 e. The van der Waals surface area contributed by atoms with Crippen LogP contribution in [-0.2, 0) is 6.61 Å². The Balaban J connectivity index is 2.02. The van der Waals surface area contributed by atoms with Gasteiger partial charge in [-0.2, -0.15) is 0 Å². The van der Waals surface area contributed by atoms with Crippen molar-refractivity contribution in [1.82, 2.24) is 0 Å². The van der Waals surface area contributed by atoms with E-state index in [2.05, 4.69) is 15.9 Å².